The predicted molar refractivity (Wildman–Crippen MR) is 104 cm³/mol. The van der Waals surface area contributed by atoms with Crippen LogP contribution < -0.4 is 14.8 Å². The summed E-state index contributed by atoms with van der Waals surface area (Å²) in [7, 11) is 0. The summed E-state index contributed by atoms with van der Waals surface area (Å²) in [6.07, 6.45) is -0.685. The third-order valence-corrected chi connectivity index (χ3v) is 4.72. The number of aryl methyl sites for hydroxylation is 1. The molecule has 0 bridgehead atoms. The molecule has 0 radical (unpaired) electrons. The van der Waals surface area contributed by atoms with Crippen LogP contribution in [0.25, 0.3) is 0 Å². The standard InChI is InChI=1S/C23H21NO3/c1-16-9-5-6-12-18(16)22(17-10-3-2-4-11-17)24-23(25)21-15-26-19-13-7-8-14-20(19)27-21/h2-14,21-22H,15H2,1H3,(H,24,25)/t21-,22+/m0/s1. The number of rotatable bonds is 4. The van der Waals surface area contributed by atoms with Gasteiger partial charge in [-0.1, -0.05) is 66.7 Å². The first-order chi connectivity index (χ1) is 13.2. The molecule has 1 aliphatic heterocycles. The molecule has 0 aliphatic carbocycles. The molecular weight excluding hydrogens is 338 g/mol. The summed E-state index contributed by atoms with van der Waals surface area (Å²) in [5, 5.41) is 3.15. The fraction of sp³-hybridized carbons (Fsp3) is 0.174. The van der Waals surface area contributed by atoms with Crippen molar-refractivity contribution in [1.29, 1.82) is 0 Å². The van der Waals surface area contributed by atoms with Crippen molar-refractivity contribution < 1.29 is 14.3 Å². The molecule has 3 aromatic rings. The third-order valence-electron chi connectivity index (χ3n) is 4.72. The van der Waals surface area contributed by atoms with Crippen molar-refractivity contribution in [3.8, 4) is 11.5 Å². The largest absolute Gasteiger partial charge is 0.485 e. The van der Waals surface area contributed by atoms with E-state index >= 15 is 0 Å². The number of amides is 1. The van der Waals surface area contributed by atoms with E-state index in [-0.39, 0.29) is 18.6 Å². The molecule has 1 N–H and O–H groups in total. The van der Waals surface area contributed by atoms with E-state index in [0.29, 0.717) is 11.5 Å². The maximum atomic E-state index is 13.0. The zero-order valence-corrected chi connectivity index (χ0v) is 15.1. The van der Waals surface area contributed by atoms with Gasteiger partial charge in [-0.25, -0.2) is 0 Å². The molecule has 136 valence electrons. The minimum Gasteiger partial charge on any atom is -0.485 e. The Bertz CT molecular complexity index is 939. The quantitative estimate of drug-likeness (QED) is 0.765. The summed E-state index contributed by atoms with van der Waals surface area (Å²) in [5.74, 6) is 1.07. The van der Waals surface area contributed by atoms with E-state index in [1.807, 2.05) is 85.8 Å². The lowest BCUT2D eigenvalue weighted by molar-refractivity contribution is -0.130. The fourth-order valence-corrected chi connectivity index (χ4v) is 3.28. The van der Waals surface area contributed by atoms with Crippen LogP contribution in [0.1, 0.15) is 22.7 Å². The average molecular weight is 359 g/mol. The van der Waals surface area contributed by atoms with Crippen molar-refractivity contribution in [2.24, 2.45) is 0 Å². The smallest absolute Gasteiger partial charge is 0.265 e. The molecule has 27 heavy (non-hydrogen) atoms. The zero-order chi connectivity index (χ0) is 18.6. The van der Waals surface area contributed by atoms with Gasteiger partial charge in [0.05, 0.1) is 6.04 Å². The van der Waals surface area contributed by atoms with Crippen LogP contribution in [0.2, 0.25) is 0 Å². The first kappa shape index (κ1) is 17.2. The van der Waals surface area contributed by atoms with Gasteiger partial charge in [-0.2, -0.15) is 0 Å². The summed E-state index contributed by atoms with van der Waals surface area (Å²) < 4.78 is 11.5. The fourth-order valence-electron chi connectivity index (χ4n) is 3.28. The Labute approximate surface area is 158 Å². The second kappa shape index (κ2) is 7.54. The molecular formula is C23H21NO3. The van der Waals surface area contributed by atoms with Gasteiger partial charge >= 0.3 is 0 Å². The second-order valence-electron chi connectivity index (χ2n) is 6.57. The van der Waals surface area contributed by atoms with Crippen LogP contribution in [0.4, 0.5) is 0 Å². The van der Waals surface area contributed by atoms with Gasteiger partial charge in [-0.3, -0.25) is 4.79 Å². The summed E-state index contributed by atoms with van der Waals surface area (Å²) in [6.45, 7) is 2.24. The number of benzene rings is 3. The summed E-state index contributed by atoms with van der Waals surface area (Å²) in [5.41, 5.74) is 3.21. The van der Waals surface area contributed by atoms with E-state index < -0.39 is 6.10 Å². The molecule has 0 saturated heterocycles. The molecule has 0 saturated carbocycles. The Hall–Kier alpha value is -3.27. The lowest BCUT2D eigenvalue weighted by Crippen LogP contribution is -2.45. The second-order valence-corrected chi connectivity index (χ2v) is 6.57. The van der Waals surface area contributed by atoms with Crippen molar-refractivity contribution >= 4 is 5.91 Å². The van der Waals surface area contributed by atoms with Crippen molar-refractivity contribution in [2.75, 3.05) is 6.61 Å². The average Bonchev–Trinajstić information content (AvgIpc) is 2.73. The Morgan fingerprint density at radius 1 is 0.926 bits per heavy atom. The monoisotopic (exact) mass is 359 g/mol. The molecule has 0 aromatic heterocycles. The Kier molecular flexibility index (Phi) is 4.79. The molecule has 0 spiro atoms. The molecule has 2 atom stereocenters. The summed E-state index contributed by atoms with van der Waals surface area (Å²) in [4.78, 5) is 13.0. The van der Waals surface area contributed by atoms with Crippen LogP contribution in [0.15, 0.2) is 78.9 Å². The van der Waals surface area contributed by atoms with E-state index in [2.05, 4.69) is 5.32 Å². The van der Waals surface area contributed by atoms with E-state index in [1.54, 1.807) is 0 Å². The third kappa shape index (κ3) is 3.65. The number of ether oxygens (including phenoxy) is 2. The summed E-state index contributed by atoms with van der Waals surface area (Å²) >= 11 is 0. The van der Waals surface area contributed by atoms with Crippen molar-refractivity contribution in [3.05, 3.63) is 95.6 Å². The topological polar surface area (TPSA) is 47.6 Å². The minimum atomic E-state index is -0.685. The highest BCUT2D eigenvalue weighted by atomic mass is 16.6. The van der Waals surface area contributed by atoms with Gasteiger partial charge < -0.3 is 14.8 Å². The predicted octanol–water partition coefficient (Wildman–Crippen LogP) is 4.04. The first-order valence-corrected chi connectivity index (χ1v) is 9.02. The van der Waals surface area contributed by atoms with Crippen molar-refractivity contribution in [1.82, 2.24) is 5.32 Å². The van der Waals surface area contributed by atoms with Crippen LogP contribution >= 0.6 is 0 Å². The zero-order valence-electron chi connectivity index (χ0n) is 15.1. The Balaban J connectivity index is 1.59. The van der Waals surface area contributed by atoms with Gasteiger partial charge in [0.15, 0.2) is 11.5 Å². The van der Waals surface area contributed by atoms with Gasteiger partial charge in [-0.15, -0.1) is 0 Å². The Morgan fingerprint density at radius 2 is 1.59 bits per heavy atom. The highest BCUT2D eigenvalue weighted by molar-refractivity contribution is 5.82. The van der Waals surface area contributed by atoms with E-state index in [1.165, 1.54) is 0 Å². The van der Waals surface area contributed by atoms with E-state index in [0.717, 1.165) is 16.7 Å². The maximum absolute atomic E-state index is 13.0. The number of hydrogen-bond donors (Lipinski definition) is 1. The molecule has 0 fully saturated rings. The summed E-state index contributed by atoms with van der Waals surface area (Å²) in [6, 6.07) is 25.2. The van der Waals surface area contributed by atoms with Gasteiger partial charge in [-0.05, 0) is 35.7 Å². The molecule has 4 nitrogen and oxygen atoms in total. The van der Waals surface area contributed by atoms with Crippen LogP contribution in [0.3, 0.4) is 0 Å². The molecule has 4 heteroatoms. The molecule has 1 amide bonds. The highest BCUT2D eigenvalue weighted by Gasteiger charge is 2.29. The van der Waals surface area contributed by atoms with Gasteiger partial charge in [0.1, 0.15) is 6.61 Å². The van der Waals surface area contributed by atoms with Crippen LogP contribution in [0, 0.1) is 6.92 Å². The van der Waals surface area contributed by atoms with Crippen LogP contribution in [-0.4, -0.2) is 18.6 Å². The van der Waals surface area contributed by atoms with Gasteiger partial charge in [0, 0.05) is 0 Å². The molecule has 1 heterocycles. The van der Waals surface area contributed by atoms with Gasteiger partial charge in [0.25, 0.3) is 5.91 Å². The number of nitrogens with one attached hydrogen (secondary N) is 1. The number of fused-ring (bicyclic) bond motifs is 1. The van der Waals surface area contributed by atoms with Crippen LogP contribution in [0.5, 0.6) is 11.5 Å². The first-order valence-electron chi connectivity index (χ1n) is 9.02. The normalized spacial score (nSPS) is 16.4. The SMILES string of the molecule is Cc1ccccc1[C@H](NC(=O)[C@@H]1COc2ccccc2O1)c1ccccc1. The van der Waals surface area contributed by atoms with Gasteiger partial charge in [0.2, 0.25) is 6.10 Å². The van der Waals surface area contributed by atoms with Crippen LogP contribution in [-0.2, 0) is 4.79 Å². The maximum Gasteiger partial charge on any atom is 0.265 e. The highest BCUT2D eigenvalue weighted by Crippen LogP contribution is 2.31. The number of carbonyl (C=O) groups excluding carboxylic acids is 1. The lowest BCUT2D eigenvalue weighted by Gasteiger charge is -2.28. The minimum absolute atomic E-state index is 0.193. The molecule has 0 unspecified atom stereocenters. The number of carbonyl (C=O) groups is 1. The molecule has 1 aliphatic rings. The van der Waals surface area contributed by atoms with Crippen molar-refractivity contribution in [3.63, 3.8) is 0 Å². The Morgan fingerprint density at radius 3 is 2.37 bits per heavy atom. The number of hydrogen-bond acceptors (Lipinski definition) is 3. The molecule has 4 rings (SSSR count). The van der Waals surface area contributed by atoms with Crippen molar-refractivity contribution in [2.45, 2.75) is 19.1 Å². The van der Waals surface area contributed by atoms with E-state index in [9.17, 15) is 4.79 Å². The number of para-hydroxylation sites is 2. The molecule has 3 aromatic carbocycles. The lowest BCUT2D eigenvalue weighted by atomic mass is 9.95. The van der Waals surface area contributed by atoms with E-state index in [4.69, 9.17) is 9.47 Å².